The highest BCUT2D eigenvalue weighted by Gasteiger charge is 2.64. The highest BCUT2D eigenvalue weighted by Crippen LogP contribution is 2.55. The number of likely N-dealkylation sites (N-methyl/N-ethyl adjacent to an activating group) is 1. The molecule has 1 fully saturated rings. The molecule has 0 heterocycles. The minimum absolute atomic E-state index is 0.106. The van der Waals surface area contributed by atoms with Crippen molar-refractivity contribution in [2.45, 2.75) is 30.9 Å². The molecule has 8 heteroatoms. The fourth-order valence-electron chi connectivity index (χ4n) is 5.37. The van der Waals surface area contributed by atoms with Crippen LogP contribution in [-0.2, 0) is 9.59 Å². The minimum atomic E-state index is -2.52. The number of Topliss-reactive ketones (excluding diaryl/α,β-unsaturated/α-hetero) is 2. The van der Waals surface area contributed by atoms with Gasteiger partial charge in [0, 0.05) is 11.5 Å². The molecular weight excluding hydrogens is 388 g/mol. The van der Waals surface area contributed by atoms with Gasteiger partial charge >= 0.3 is 0 Å². The molecule has 4 N–H and O–H groups in total. The third kappa shape index (κ3) is 2.27. The maximum absolute atomic E-state index is 13.6. The van der Waals surface area contributed by atoms with Gasteiger partial charge in [-0.2, -0.15) is 5.26 Å². The van der Waals surface area contributed by atoms with E-state index in [1.54, 1.807) is 32.3 Å². The van der Waals surface area contributed by atoms with Gasteiger partial charge in [0.25, 0.3) is 0 Å². The van der Waals surface area contributed by atoms with Crippen LogP contribution in [0.25, 0.3) is 5.76 Å². The van der Waals surface area contributed by atoms with Gasteiger partial charge in [0.15, 0.2) is 17.1 Å². The van der Waals surface area contributed by atoms with E-state index in [1.165, 1.54) is 11.0 Å². The van der Waals surface area contributed by atoms with Crippen LogP contribution in [0, 0.1) is 23.2 Å². The summed E-state index contributed by atoms with van der Waals surface area (Å²) < 4.78 is 0. The molecule has 0 aliphatic heterocycles. The summed E-state index contributed by atoms with van der Waals surface area (Å²) in [6, 6.07) is 5.39. The number of ketones is 2. The molecule has 8 nitrogen and oxygen atoms in total. The number of carbonyl (C=O) groups excluding carboxylic acids is 2. The molecule has 0 amide bonds. The van der Waals surface area contributed by atoms with Crippen LogP contribution in [0.1, 0.15) is 30.4 Å². The Morgan fingerprint density at radius 3 is 2.47 bits per heavy atom. The molecule has 0 spiro atoms. The number of phenols is 1. The van der Waals surface area contributed by atoms with Crippen molar-refractivity contribution in [2.24, 2.45) is 11.8 Å². The number of fused-ring (bicyclic) bond motifs is 3. The van der Waals surface area contributed by atoms with Crippen molar-refractivity contribution in [3.63, 3.8) is 0 Å². The van der Waals surface area contributed by atoms with Gasteiger partial charge < -0.3 is 20.4 Å². The van der Waals surface area contributed by atoms with E-state index in [9.17, 15) is 35.3 Å². The van der Waals surface area contributed by atoms with Crippen LogP contribution in [0.15, 0.2) is 35.1 Å². The highest BCUT2D eigenvalue weighted by molar-refractivity contribution is 6.15. The summed E-state index contributed by atoms with van der Waals surface area (Å²) in [5.41, 5.74) is -2.51. The molecule has 156 valence electrons. The summed E-state index contributed by atoms with van der Waals surface area (Å²) in [6.07, 6.45) is 0.120. The van der Waals surface area contributed by atoms with Gasteiger partial charge in [-0.05, 0) is 44.0 Å². The summed E-state index contributed by atoms with van der Waals surface area (Å²) in [5, 5.41) is 52.7. The first-order valence-corrected chi connectivity index (χ1v) is 9.64. The second-order valence-electron chi connectivity index (χ2n) is 8.44. The Morgan fingerprint density at radius 1 is 1.20 bits per heavy atom. The molecule has 0 bridgehead atoms. The van der Waals surface area contributed by atoms with Crippen LogP contribution in [0.5, 0.6) is 5.75 Å². The second kappa shape index (κ2) is 6.42. The Balaban J connectivity index is 2.01. The zero-order valence-electron chi connectivity index (χ0n) is 16.7. The number of carbonyl (C=O) groups is 2. The van der Waals surface area contributed by atoms with Gasteiger partial charge in [-0.3, -0.25) is 14.5 Å². The molecule has 0 saturated heterocycles. The van der Waals surface area contributed by atoms with E-state index in [4.69, 9.17) is 0 Å². The normalized spacial score (nSPS) is 33.2. The van der Waals surface area contributed by atoms with E-state index in [0.29, 0.717) is 5.56 Å². The molecule has 1 aromatic rings. The summed E-state index contributed by atoms with van der Waals surface area (Å²) in [6.45, 7) is 1.85. The number of benzene rings is 1. The number of nitriles is 1. The van der Waals surface area contributed by atoms with Crippen LogP contribution >= 0.6 is 0 Å². The largest absolute Gasteiger partial charge is 0.507 e. The maximum atomic E-state index is 13.6. The minimum Gasteiger partial charge on any atom is -0.507 e. The number of hydrogen-bond acceptors (Lipinski definition) is 8. The zero-order chi connectivity index (χ0) is 22.1. The lowest BCUT2D eigenvalue weighted by molar-refractivity contribution is -0.153. The van der Waals surface area contributed by atoms with Crippen molar-refractivity contribution in [1.29, 1.82) is 5.26 Å². The first kappa shape index (κ1) is 20.1. The Morgan fingerprint density at radius 2 is 1.87 bits per heavy atom. The lowest BCUT2D eigenvalue weighted by Gasteiger charge is -2.51. The van der Waals surface area contributed by atoms with Crippen LogP contribution < -0.4 is 0 Å². The van der Waals surface area contributed by atoms with Crippen LogP contribution in [0.3, 0.4) is 0 Å². The quantitative estimate of drug-likeness (QED) is 0.546. The Hall–Kier alpha value is -3.15. The molecule has 1 saturated carbocycles. The van der Waals surface area contributed by atoms with Crippen molar-refractivity contribution in [1.82, 2.24) is 4.90 Å². The Bertz CT molecular complexity index is 1100. The lowest BCUT2D eigenvalue weighted by Crippen LogP contribution is -2.65. The summed E-state index contributed by atoms with van der Waals surface area (Å²) >= 11 is 0. The van der Waals surface area contributed by atoms with Gasteiger partial charge in [0.1, 0.15) is 23.2 Å². The van der Waals surface area contributed by atoms with Crippen molar-refractivity contribution >= 4 is 17.3 Å². The SMILES string of the molecule is C[C@H]1c2cccc(O)c2C(O)=C2C(=O)[C@]3(O)C(O)=C(C#N)C(=O)[C@@H](N(C)C)[C@@H]3C[C@@H]21. The van der Waals surface area contributed by atoms with E-state index in [0.717, 1.165) is 0 Å². The van der Waals surface area contributed by atoms with E-state index < -0.39 is 52.1 Å². The first-order valence-electron chi connectivity index (χ1n) is 9.64. The molecule has 0 aromatic heterocycles. The molecule has 0 radical (unpaired) electrons. The van der Waals surface area contributed by atoms with E-state index in [1.807, 2.05) is 6.92 Å². The number of nitrogens with zero attached hydrogens (tertiary/aromatic N) is 2. The topological polar surface area (TPSA) is 142 Å². The third-order valence-electron chi connectivity index (χ3n) is 6.83. The van der Waals surface area contributed by atoms with Gasteiger partial charge in [-0.15, -0.1) is 0 Å². The van der Waals surface area contributed by atoms with E-state index in [2.05, 4.69) is 0 Å². The number of aromatic hydroxyl groups is 1. The molecule has 0 unspecified atom stereocenters. The van der Waals surface area contributed by atoms with Gasteiger partial charge in [-0.1, -0.05) is 19.1 Å². The van der Waals surface area contributed by atoms with Crippen molar-refractivity contribution in [3.8, 4) is 11.8 Å². The first-order chi connectivity index (χ1) is 14.1. The number of phenolic OH excluding ortho intramolecular Hbond substituents is 1. The second-order valence-corrected chi connectivity index (χ2v) is 8.44. The molecule has 3 aliphatic rings. The Kier molecular flexibility index (Phi) is 4.31. The van der Waals surface area contributed by atoms with Crippen molar-refractivity contribution in [3.05, 3.63) is 46.2 Å². The average molecular weight is 410 g/mol. The van der Waals surface area contributed by atoms with Gasteiger partial charge in [-0.25, -0.2) is 0 Å². The predicted octanol–water partition coefficient (Wildman–Crippen LogP) is 1.56. The average Bonchev–Trinajstić information content (AvgIpc) is 2.68. The third-order valence-corrected chi connectivity index (χ3v) is 6.83. The molecule has 5 atom stereocenters. The summed E-state index contributed by atoms with van der Waals surface area (Å²) in [5.74, 6) is -5.08. The van der Waals surface area contributed by atoms with Gasteiger partial charge in [0.05, 0.1) is 11.6 Å². The number of hydrogen-bond donors (Lipinski definition) is 4. The fraction of sp³-hybridized carbons (Fsp3) is 0.409. The zero-order valence-corrected chi connectivity index (χ0v) is 16.7. The monoisotopic (exact) mass is 410 g/mol. The smallest absolute Gasteiger partial charge is 0.202 e. The number of rotatable bonds is 1. The molecule has 3 aliphatic carbocycles. The molecule has 4 rings (SSSR count). The van der Waals surface area contributed by atoms with Crippen LogP contribution in [0.2, 0.25) is 0 Å². The van der Waals surface area contributed by atoms with Gasteiger partial charge in [0.2, 0.25) is 5.78 Å². The number of aliphatic hydroxyl groups is 3. The van der Waals surface area contributed by atoms with Crippen molar-refractivity contribution < 1.29 is 30.0 Å². The fourth-order valence-corrected chi connectivity index (χ4v) is 5.37. The predicted molar refractivity (Wildman–Crippen MR) is 105 cm³/mol. The van der Waals surface area contributed by atoms with Crippen LogP contribution in [0.4, 0.5) is 0 Å². The Labute approximate surface area is 173 Å². The van der Waals surface area contributed by atoms with E-state index in [-0.39, 0.29) is 29.2 Å². The van der Waals surface area contributed by atoms with Crippen molar-refractivity contribution in [2.75, 3.05) is 14.1 Å². The molecule has 30 heavy (non-hydrogen) atoms. The standard InChI is InChI=1S/C22H22N2O6/c1-9-10-5-4-6-14(25)15(10)19(27)16-11(9)7-13-17(24(2)3)18(26)12(8-23)20(28)22(13,30)21(16)29/h4-6,9,11,13,17,25,27-28,30H,7H2,1-3H3/t9-,11+,13-,17-,22+/m0/s1. The summed E-state index contributed by atoms with van der Waals surface area (Å²) in [4.78, 5) is 27.9. The molecule has 1 aromatic carbocycles. The lowest BCUT2D eigenvalue weighted by atomic mass is 9.56. The van der Waals surface area contributed by atoms with E-state index >= 15 is 0 Å². The van der Waals surface area contributed by atoms with Crippen LogP contribution in [-0.4, -0.2) is 62.6 Å². The maximum Gasteiger partial charge on any atom is 0.202 e. The molecular formula is C22H22N2O6. The summed E-state index contributed by atoms with van der Waals surface area (Å²) in [7, 11) is 3.20. The number of aliphatic hydroxyl groups excluding tert-OH is 2. The highest BCUT2D eigenvalue weighted by atomic mass is 16.3.